The van der Waals surface area contributed by atoms with Crippen LogP contribution in [0.5, 0.6) is 0 Å². The van der Waals surface area contributed by atoms with Crippen molar-refractivity contribution in [3.05, 3.63) is 66.7 Å². The van der Waals surface area contributed by atoms with Gasteiger partial charge in [-0.1, -0.05) is 26.0 Å². The Bertz CT molecular complexity index is 1180. The van der Waals surface area contributed by atoms with Crippen LogP contribution in [-0.4, -0.2) is 32.1 Å². The number of hydrogen-bond donors (Lipinski definition) is 2. The first-order valence-electron chi connectivity index (χ1n) is 9.60. The van der Waals surface area contributed by atoms with Gasteiger partial charge in [-0.05, 0) is 42.3 Å². The Morgan fingerprint density at radius 3 is 2.63 bits per heavy atom. The number of nitrogen functional groups attached to an aromatic ring is 1. The van der Waals surface area contributed by atoms with E-state index in [1.807, 2.05) is 42.7 Å². The molecule has 0 saturated heterocycles. The number of nitrogens with zero attached hydrogens (tertiary/aromatic N) is 4. The number of fused-ring (bicyclic) bond motifs is 1. The fraction of sp³-hybridized carbons (Fsp3) is 0.182. The van der Waals surface area contributed by atoms with Gasteiger partial charge in [0.25, 0.3) is 0 Å². The largest absolute Gasteiger partial charge is 0.462 e. The quantitative estimate of drug-likeness (QED) is 0.470. The molecule has 0 bridgehead atoms. The summed E-state index contributed by atoms with van der Waals surface area (Å²) in [7, 11) is 0. The third kappa shape index (κ3) is 3.93. The van der Waals surface area contributed by atoms with Gasteiger partial charge in [0.05, 0.1) is 23.2 Å². The summed E-state index contributed by atoms with van der Waals surface area (Å²) in [4.78, 5) is 25.0. The van der Waals surface area contributed by atoms with E-state index in [-0.39, 0.29) is 11.9 Å². The highest BCUT2D eigenvalue weighted by atomic mass is 16.5. The van der Waals surface area contributed by atoms with E-state index in [4.69, 9.17) is 10.5 Å². The average Bonchev–Trinajstić information content (AvgIpc) is 3.18. The number of nitrogens with two attached hydrogens (primary N) is 1. The minimum Gasteiger partial charge on any atom is -0.462 e. The van der Waals surface area contributed by atoms with E-state index >= 15 is 0 Å². The molecular formula is C22H22N6O2. The Kier molecular flexibility index (Phi) is 5.30. The van der Waals surface area contributed by atoms with E-state index < -0.39 is 0 Å². The van der Waals surface area contributed by atoms with Crippen molar-refractivity contribution >= 4 is 34.2 Å². The second kappa shape index (κ2) is 8.20. The highest BCUT2D eigenvalue weighted by Crippen LogP contribution is 2.27. The van der Waals surface area contributed by atoms with E-state index in [1.54, 1.807) is 30.6 Å². The van der Waals surface area contributed by atoms with E-state index in [0.717, 1.165) is 16.7 Å². The van der Waals surface area contributed by atoms with Crippen LogP contribution in [0.25, 0.3) is 16.9 Å². The van der Waals surface area contributed by atoms with Gasteiger partial charge in [-0.3, -0.25) is 4.57 Å². The zero-order valence-electron chi connectivity index (χ0n) is 16.7. The monoisotopic (exact) mass is 402 g/mol. The zero-order valence-corrected chi connectivity index (χ0v) is 16.7. The number of hydrogen-bond acceptors (Lipinski definition) is 7. The minimum absolute atomic E-state index is 0.289. The number of anilines is 3. The van der Waals surface area contributed by atoms with Crippen molar-refractivity contribution in [2.24, 2.45) is 5.92 Å². The van der Waals surface area contributed by atoms with Crippen molar-refractivity contribution in [1.29, 1.82) is 0 Å². The summed E-state index contributed by atoms with van der Waals surface area (Å²) in [6.45, 7) is 4.38. The Hall–Kier alpha value is -3.94. The molecule has 2 aromatic heterocycles. The molecule has 0 aliphatic rings. The van der Waals surface area contributed by atoms with Crippen LogP contribution in [0.2, 0.25) is 0 Å². The molecule has 8 nitrogen and oxygen atoms in total. The fourth-order valence-electron chi connectivity index (χ4n) is 2.96. The van der Waals surface area contributed by atoms with Gasteiger partial charge in [0.2, 0.25) is 0 Å². The van der Waals surface area contributed by atoms with Crippen molar-refractivity contribution in [3.8, 4) is 5.82 Å². The minimum atomic E-state index is -0.342. The number of aromatic nitrogens is 4. The summed E-state index contributed by atoms with van der Waals surface area (Å²) in [5.74, 6) is 0.950. The molecule has 0 amide bonds. The van der Waals surface area contributed by atoms with Gasteiger partial charge in [0.1, 0.15) is 18.3 Å². The SMILES string of the molecule is CC(C)COC(=O)c1ccc(Nc2ncnc(-n3cnc4ccccc43)c2N)cc1. The van der Waals surface area contributed by atoms with Gasteiger partial charge in [-0.25, -0.2) is 19.7 Å². The second-order valence-electron chi connectivity index (χ2n) is 7.26. The number of nitrogens with one attached hydrogen (secondary N) is 1. The molecule has 0 unspecified atom stereocenters. The predicted octanol–water partition coefficient (Wildman–Crippen LogP) is 3.95. The Balaban J connectivity index is 1.56. The molecule has 4 rings (SSSR count). The number of benzene rings is 2. The average molecular weight is 402 g/mol. The number of rotatable bonds is 6. The van der Waals surface area contributed by atoms with E-state index in [0.29, 0.717) is 29.5 Å². The van der Waals surface area contributed by atoms with Crippen LogP contribution in [0, 0.1) is 5.92 Å². The molecule has 3 N–H and O–H groups in total. The van der Waals surface area contributed by atoms with Gasteiger partial charge < -0.3 is 15.8 Å². The van der Waals surface area contributed by atoms with E-state index in [9.17, 15) is 4.79 Å². The maximum absolute atomic E-state index is 12.1. The third-order valence-corrected chi connectivity index (χ3v) is 4.48. The molecule has 30 heavy (non-hydrogen) atoms. The lowest BCUT2D eigenvalue weighted by Crippen LogP contribution is -2.10. The highest BCUT2D eigenvalue weighted by molar-refractivity contribution is 5.90. The van der Waals surface area contributed by atoms with Gasteiger partial charge in [-0.2, -0.15) is 0 Å². The highest BCUT2D eigenvalue weighted by Gasteiger charge is 2.13. The molecule has 8 heteroatoms. The first kappa shape index (κ1) is 19.4. The molecule has 0 fully saturated rings. The van der Waals surface area contributed by atoms with Crippen LogP contribution >= 0.6 is 0 Å². The lowest BCUT2D eigenvalue weighted by molar-refractivity contribution is 0.0459. The molecule has 0 aliphatic heterocycles. The number of imidazole rings is 1. The maximum Gasteiger partial charge on any atom is 0.338 e. The van der Waals surface area contributed by atoms with Crippen molar-refractivity contribution in [2.45, 2.75) is 13.8 Å². The molecule has 0 atom stereocenters. The van der Waals surface area contributed by atoms with E-state index in [1.165, 1.54) is 6.33 Å². The van der Waals surface area contributed by atoms with Crippen LogP contribution in [0.1, 0.15) is 24.2 Å². The van der Waals surface area contributed by atoms with Crippen LogP contribution in [-0.2, 0) is 4.74 Å². The molecule has 2 aromatic carbocycles. The summed E-state index contributed by atoms with van der Waals surface area (Å²) < 4.78 is 7.08. The molecule has 152 valence electrons. The summed E-state index contributed by atoms with van der Waals surface area (Å²) in [6, 6.07) is 14.7. The third-order valence-electron chi connectivity index (χ3n) is 4.48. The fourth-order valence-corrected chi connectivity index (χ4v) is 2.96. The van der Waals surface area contributed by atoms with Gasteiger partial charge in [0.15, 0.2) is 11.6 Å². The van der Waals surface area contributed by atoms with Crippen LogP contribution in [0.4, 0.5) is 17.2 Å². The van der Waals surface area contributed by atoms with Crippen LogP contribution in [0.3, 0.4) is 0 Å². The van der Waals surface area contributed by atoms with Gasteiger partial charge >= 0.3 is 5.97 Å². The number of carbonyl (C=O) groups is 1. The first-order chi connectivity index (χ1) is 14.5. The molecule has 2 heterocycles. The Labute approximate surface area is 173 Å². The number of esters is 1. The van der Waals surface area contributed by atoms with Crippen molar-refractivity contribution in [3.63, 3.8) is 0 Å². The van der Waals surface area contributed by atoms with Crippen molar-refractivity contribution < 1.29 is 9.53 Å². The number of carbonyl (C=O) groups excluding carboxylic acids is 1. The standard InChI is InChI=1S/C22H22N6O2/c1-14(2)11-30-22(29)15-7-9-16(10-8-15)27-20-19(23)21(25-12-24-20)28-13-26-17-5-3-4-6-18(17)28/h3-10,12-14H,11,23H2,1-2H3,(H,24,25,27). The summed E-state index contributed by atoms with van der Waals surface area (Å²) >= 11 is 0. The van der Waals surface area contributed by atoms with Crippen LogP contribution in [0.15, 0.2) is 61.2 Å². The topological polar surface area (TPSA) is 108 Å². The normalized spacial score (nSPS) is 11.0. The molecular weight excluding hydrogens is 380 g/mol. The van der Waals surface area contributed by atoms with Gasteiger partial charge in [-0.15, -0.1) is 0 Å². The lowest BCUT2D eigenvalue weighted by Gasteiger charge is -2.12. The smallest absolute Gasteiger partial charge is 0.338 e. The number of ether oxygens (including phenoxy) is 1. The van der Waals surface area contributed by atoms with E-state index in [2.05, 4.69) is 20.3 Å². The molecule has 0 saturated carbocycles. The van der Waals surface area contributed by atoms with Crippen molar-refractivity contribution in [1.82, 2.24) is 19.5 Å². The predicted molar refractivity (Wildman–Crippen MR) is 116 cm³/mol. The Morgan fingerprint density at radius 2 is 1.87 bits per heavy atom. The Morgan fingerprint density at radius 1 is 1.10 bits per heavy atom. The summed E-state index contributed by atoms with van der Waals surface area (Å²) in [6.07, 6.45) is 3.13. The molecule has 0 aliphatic carbocycles. The van der Waals surface area contributed by atoms with Gasteiger partial charge in [0, 0.05) is 5.69 Å². The zero-order chi connectivity index (χ0) is 21.1. The first-order valence-corrected chi connectivity index (χ1v) is 9.60. The number of para-hydroxylation sites is 2. The molecule has 0 spiro atoms. The van der Waals surface area contributed by atoms with Crippen LogP contribution < -0.4 is 11.1 Å². The van der Waals surface area contributed by atoms with Crippen molar-refractivity contribution in [2.75, 3.05) is 17.7 Å². The second-order valence-corrected chi connectivity index (χ2v) is 7.26. The lowest BCUT2D eigenvalue weighted by atomic mass is 10.2. The molecule has 0 radical (unpaired) electrons. The summed E-state index contributed by atoms with van der Waals surface area (Å²) in [5, 5.41) is 3.18. The molecule has 4 aromatic rings. The summed E-state index contributed by atoms with van der Waals surface area (Å²) in [5.41, 5.74) is 9.72. The maximum atomic E-state index is 12.1.